The van der Waals surface area contributed by atoms with Gasteiger partial charge in [-0.15, -0.1) is 0 Å². The summed E-state index contributed by atoms with van der Waals surface area (Å²) in [6.45, 7) is 3.63. The Kier molecular flexibility index (Phi) is 8.41. The predicted molar refractivity (Wildman–Crippen MR) is 133 cm³/mol. The Balaban J connectivity index is 1.78. The average molecular weight is 503 g/mol. The molecule has 34 heavy (non-hydrogen) atoms. The molecule has 9 heteroatoms. The highest BCUT2D eigenvalue weighted by Gasteiger charge is 2.27. The van der Waals surface area contributed by atoms with E-state index in [0.29, 0.717) is 22.2 Å². The van der Waals surface area contributed by atoms with Crippen LogP contribution in [0.2, 0.25) is 5.02 Å². The summed E-state index contributed by atoms with van der Waals surface area (Å²) in [6, 6.07) is 19.6. The first kappa shape index (κ1) is 25.4. The first-order chi connectivity index (χ1) is 16.2. The maximum atomic E-state index is 13.3. The van der Waals surface area contributed by atoms with E-state index >= 15 is 0 Å². The lowest BCUT2D eigenvalue weighted by Crippen LogP contribution is -2.40. The second kappa shape index (κ2) is 11.3. The number of rotatable bonds is 10. The van der Waals surface area contributed by atoms with Crippen LogP contribution in [0.4, 0.5) is 5.69 Å². The molecule has 3 aromatic carbocycles. The van der Waals surface area contributed by atoms with Gasteiger partial charge in [-0.2, -0.15) is 0 Å². The van der Waals surface area contributed by atoms with Gasteiger partial charge in [-0.3, -0.25) is 9.10 Å². The smallest absolute Gasteiger partial charge is 0.264 e. The molecule has 3 rings (SSSR count). The molecule has 0 aliphatic carbocycles. The van der Waals surface area contributed by atoms with Crippen molar-refractivity contribution in [3.63, 3.8) is 0 Å². The number of benzene rings is 3. The first-order valence-electron chi connectivity index (χ1n) is 10.6. The Bertz CT molecular complexity index is 1220. The molecule has 0 heterocycles. The highest BCUT2D eigenvalue weighted by atomic mass is 35.5. The fourth-order valence-electron chi connectivity index (χ4n) is 3.20. The third-order valence-electron chi connectivity index (χ3n) is 4.81. The molecule has 0 aliphatic rings. The van der Waals surface area contributed by atoms with E-state index in [4.69, 9.17) is 21.1 Å². The molecular formula is C25H27ClN2O5S. The van der Waals surface area contributed by atoms with Crippen molar-refractivity contribution in [2.75, 3.05) is 18.0 Å². The molecule has 7 nitrogen and oxygen atoms in total. The van der Waals surface area contributed by atoms with E-state index in [1.165, 1.54) is 12.1 Å². The third-order valence-corrected chi connectivity index (χ3v) is 6.85. The number of amides is 1. The van der Waals surface area contributed by atoms with Gasteiger partial charge in [-0.05, 0) is 67.9 Å². The zero-order valence-corrected chi connectivity index (χ0v) is 20.8. The Hall–Kier alpha value is -3.23. The van der Waals surface area contributed by atoms with Crippen LogP contribution >= 0.6 is 11.6 Å². The second-order valence-electron chi connectivity index (χ2n) is 7.73. The minimum atomic E-state index is -3.98. The normalized spacial score (nSPS) is 11.2. The lowest BCUT2D eigenvalue weighted by atomic mass is 10.2. The Labute approximate surface area is 205 Å². The first-order valence-corrected chi connectivity index (χ1v) is 12.5. The molecule has 0 fully saturated rings. The Morgan fingerprint density at radius 1 is 1.00 bits per heavy atom. The maximum Gasteiger partial charge on any atom is 0.264 e. The summed E-state index contributed by atoms with van der Waals surface area (Å²) in [5.41, 5.74) is 1.12. The molecule has 0 unspecified atom stereocenters. The molecule has 0 saturated heterocycles. The number of carbonyl (C=O) groups excluding carboxylic acids is 1. The van der Waals surface area contributed by atoms with Crippen LogP contribution in [0.15, 0.2) is 77.7 Å². The molecule has 0 spiro atoms. The van der Waals surface area contributed by atoms with Crippen LogP contribution < -0.4 is 19.1 Å². The van der Waals surface area contributed by atoms with Crippen molar-refractivity contribution in [3.05, 3.63) is 83.4 Å². The van der Waals surface area contributed by atoms with E-state index in [2.05, 4.69) is 5.32 Å². The van der Waals surface area contributed by atoms with Gasteiger partial charge in [0.25, 0.3) is 10.0 Å². The lowest BCUT2D eigenvalue weighted by Gasteiger charge is -2.24. The van der Waals surface area contributed by atoms with E-state index in [9.17, 15) is 13.2 Å². The summed E-state index contributed by atoms with van der Waals surface area (Å²) >= 11 is 5.97. The fraction of sp³-hybridized carbons (Fsp3) is 0.240. The van der Waals surface area contributed by atoms with Gasteiger partial charge in [0.15, 0.2) is 11.5 Å². The van der Waals surface area contributed by atoms with Crippen LogP contribution in [-0.4, -0.2) is 34.1 Å². The van der Waals surface area contributed by atoms with Crippen LogP contribution in [-0.2, 0) is 21.4 Å². The molecule has 0 aliphatic heterocycles. The summed E-state index contributed by atoms with van der Waals surface area (Å²) in [5.74, 6) is 0.696. The summed E-state index contributed by atoms with van der Waals surface area (Å²) < 4.78 is 38.8. The summed E-state index contributed by atoms with van der Waals surface area (Å²) in [7, 11) is -2.44. The van der Waals surface area contributed by atoms with Crippen molar-refractivity contribution in [1.29, 1.82) is 0 Å². The van der Waals surface area contributed by atoms with E-state index in [1.54, 1.807) is 61.7 Å². The van der Waals surface area contributed by atoms with Crippen LogP contribution in [0.5, 0.6) is 11.5 Å². The molecule has 180 valence electrons. The molecule has 0 bridgehead atoms. The number of carbonyl (C=O) groups is 1. The molecule has 3 aromatic rings. The van der Waals surface area contributed by atoms with Crippen molar-refractivity contribution < 1.29 is 22.7 Å². The zero-order valence-electron chi connectivity index (χ0n) is 19.2. The van der Waals surface area contributed by atoms with Gasteiger partial charge in [0, 0.05) is 11.6 Å². The topological polar surface area (TPSA) is 84.9 Å². The van der Waals surface area contributed by atoms with Gasteiger partial charge in [-0.1, -0.05) is 35.9 Å². The average Bonchev–Trinajstić information content (AvgIpc) is 2.82. The number of ether oxygens (including phenoxy) is 2. The number of anilines is 1. The summed E-state index contributed by atoms with van der Waals surface area (Å²) in [6.07, 6.45) is -0.00938. The molecule has 0 saturated carbocycles. The number of hydrogen-bond donors (Lipinski definition) is 1. The van der Waals surface area contributed by atoms with Gasteiger partial charge in [0.05, 0.1) is 23.8 Å². The maximum absolute atomic E-state index is 13.3. The SMILES string of the molecule is COc1cc(CNC(=O)CN(c2ccc(Cl)cc2)S(=O)(=O)c2ccccc2)ccc1OC(C)C. The number of methoxy groups -OCH3 is 1. The number of nitrogens with one attached hydrogen (secondary N) is 1. The van der Waals surface area contributed by atoms with E-state index in [1.807, 2.05) is 19.9 Å². The summed E-state index contributed by atoms with van der Waals surface area (Å²) in [5, 5.41) is 3.24. The summed E-state index contributed by atoms with van der Waals surface area (Å²) in [4.78, 5) is 12.9. The largest absolute Gasteiger partial charge is 0.493 e. The van der Waals surface area contributed by atoms with Crippen molar-refractivity contribution >= 4 is 33.2 Å². The molecule has 1 amide bonds. The van der Waals surface area contributed by atoms with Gasteiger partial charge in [0.2, 0.25) is 5.91 Å². The van der Waals surface area contributed by atoms with Crippen molar-refractivity contribution in [1.82, 2.24) is 5.32 Å². The fourth-order valence-corrected chi connectivity index (χ4v) is 4.77. The number of halogens is 1. The molecule has 0 radical (unpaired) electrons. The Morgan fingerprint density at radius 3 is 2.29 bits per heavy atom. The monoisotopic (exact) mass is 502 g/mol. The van der Waals surface area contributed by atoms with Gasteiger partial charge >= 0.3 is 0 Å². The standard InChI is InChI=1S/C25H27ClN2O5S/c1-18(2)33-23-14-9-19(15-24(23)32-3)16-27-25(29)17-28(21-12-10-20(26)11-13-21)34(30,31)22-7-5-4-6-8-22/h4-15,18H,16-17H2,1-3H3,(H,27,29). The highest BCUT2D eigenvalue weighted by molar-refractivity contribution is 7.92. The number of nitrogens with zero attached hydrogens (tertiary/aromatic N) is 1. The zero-order chi connectivity index (χ0) is 24.7. The van der Waals surface area contributed by atoms with Crippen molar-refractivity contribution in [2.24, 2.45) is 0 Å². The molecular weight excluding hydrogens is 476 g/mol. The van der Waals surface area contributed by atoms with E-state index < -0.39 is 22.5 Å². The number of sulfonamides is 1. The second-order valence-corrected chi connectivity index (χ2v) is 10.0. The highest BCUT2D eigenvalue weighted by Crippen LogP contribution is 2.29. The quantitative estimate of drug-likeness (QED) is 0.436. The van der Waals surface area contributed by atoms with Crippen molar-refractivity contribution in [2.45, 2.75) is 31.4 Å². The van der Waals surface area contributed by atoms with Crippen LogP contribution in [0.3, 0.4) is 0 Å². The third kappa shape index (κ3) is 6.42. The van der Waals surface area contributed by atoms with Crippen LogP contribution in [0.1, 0.15) is 19.4 Å². The van der Waals surface area contributed by atoms with Gasteiger partial charge in [-0.25, -0.2) is 8.42 Å². The van der Waals surface area contributed by atoms with Gasteiger partial charge in [0.1, 0.15) is 6.54 Å². The molecule has 0 aromatic heterocycles. The van der Waals surface area contributed by atoms with Gasteiger partial charge < -0.3 is 14.8 Å². The van der Waals surface area contributed by atoms with Crippen molar-refractivity contribution in [3.8, 4) is 11.5 Å². The minimum absolute atomic E-state index is 0.00938. The molecule has 0 atom stereocenters. The lowest BCUT2D eigenvalue weighted by molar-refractivity contribution is -0.119. The predicted octanol–water partition coefficient (Wildman–Crippen LogP) is 4.65. The van der Waals surface area contributed by atoms with Crippen LogP contribution in [0, 0.1) is 0 Å². The van der Waals surface area contributed by atoms with E-state index in [0.717, 1.165) is 9.87 Å². The minimum Gasteiger partial charge on any atom is -0.493 e. The molecule has 1 N–H and O–H groups in total. The number of hydrogen-bond acceptors (Lipinski definition) is 5. The van der Waals surface area contributed by atoms with E-state index in [-0.39, 0.29) is 17.5 Å². The Morgan fingerprint density at radius 2 is 1.68 bits per heavy atom. The van der Waals surface area contributed by atoms with Crippen LogP contribution in [0.25, 0.3) is 0 Å².